The molecule has 0 amide bonds. The Labute approximate surface area is 319 Å². The van der Waals surface area contributed by atoms with Crippen LogP contribution < -0.4 is 5.69 Å². The summed E-state index contributed by atoms with van der Waals surface area (Å²) in [5.41, 5.74) is 14.3. The van der Waals surface area contributed by atoms with Crippen molar-refractivity contribution < 1.29 is 0 Å². The Morgan fingerprint density at radius 2 is 0.945 bits per heavy atom. The van der Waals surface area contributed by atoms with Gasteiger partial charge in [0.2, 0.25) is 0 Å². The highest BCUT2D eigenvalue weighted by molar-refractivity contribution is 6.09. The summed E-state index contributed by atoms with van der Waals surface area (Å²) >= 11 is 0. The van der Waals surface area contributed by atoms with Crippen molar-refractivity contribution in [3.05, 3.63) is 173 Å². The summed E-state index contributed by atoms with van der Waals surface area (Å²) in [5, 5.41) is 2.52. The van der Waals surface area contributed by atoms with E-state index in [1.165, 1.54) is 38.6 Å². The van der Waals surface area contributed by atoms with Gasteiger partial charge in [-0.2, -0.15) is 0 Å². The molecule has 0 N–H and O–H groups in total. The number of imidazole rings is 1. The van der Waals surface area contributed by atoms with Gasteiger partial charge in [-0.25, -0.2) is 19.7 Å². The Kier molecular flexibility index (Phi) is 7.33. The topological polar surface area (TPSA) is 65.6 Å². The third-order valence-electron chi connectivity index (χ3n) is 11.5. The van der Waals surface area contributed by atoms with E-state index in [1.54, 1.807) is 16.2 Å². The number of aromatic nitrogens is 5. The summed E-state index contributed by atoms with van der Waals surface area (Å²) in [4.78, 5) is 27.5. The molecule has 0 saturated heterocycles. The van der Waals surface area contributed by atoms with E-state index in [0.717, 1.165) is 44.4 Å². The lowest BCUT2D eigenvalue weighted by molar-refractivity contribution is 0.661. The number of hydrogen-bond acceptors (Lipinski definition) is 4. The second kappa shape index (κ2) is 12.3. The van der Waals surface area contributed by atoms with E-state index >= 15 is 0 Å². The third kappa shape index (κ3) is 5.17. The smallest absolute Gasteiger partial charge is 0.295 e. The monoisotopic (exact) mass is 711 g/mol. The standard InChI is InChI=1S/C49H37N5O/c1-49(2)40-17-11-10-16-38(40)44-37-15-9-8-14-36(37)39(29-41(44)49)31-20-24-34(25-21-31)47-51-45(32-12-6-5-7-13-32)50-46(52-47)33-22-18-30(19-23-33)35-26-27-42-43(28-35)54(4)48(55)53(42)3/h5-29H,1-4H3. The van der Waals surface area contributed by atoms with Gasteiger partial charge >= 0.3 is 5.69 Å². The molecular formula is C49H37N5O. The van der Waals surface area contributed by atoms with Gasteiger partial charge in [-0.15, -0.1) is 0 Å². The maximum Gasteiger partial charge on any atom is 0.328 e. The number of benzene rings is 7. The molecule has 1 aliphatic rings. The van der Waals surface area contributed by atoms with Gasteiger partial charge in [0.05, 0.1) is 11.0 Å². The molecule has 6 nitrogen and oxygen atoms in total. The SMILES string of the molecule is Cn1c(=O)n(C)c2cc(-c3ccc(-c4nc(-c5ccccc5)nc(-c5ccc(-c6cc7c(c8ccccc68)-c6ccccc6C7(C)C)cc5)n4)cc3)ccc21. The predicted molar refractivity (Wildman–Crippen MR) is 224 cm³/mol. The summed E-state index contributed by atoms with van der Waals surface area (Å²) in [6.45, 7) is 4.67. The zero-order chi connectivity index (χ0) is 37.4. The molecular weight excluding hydrogens is 675 g/mol. The average Bonchev–Trinajstić information content (AvgIpc) is 3.61. The number of aryl methyl sites for hydroxylation is 2. The number of nitrogens with zero attached hydrogens (tertiary/aromatic N) is 5. The molecule has 55 heavy (non-hydrogen) atoms. The van der Waals surface area contributed by atoms with Gasteiger partial charge in [0.1, 0.15) is 0 Å². The predicted octanol–water partition coefficient (Wildman–Crippen LogP) is 10.9. The van der Waals surface area contributed by atoms with E-state index in [9.17, 15) is 4.79 Å². The quantitative estimate of drug-likeness (QED) is 0.178. The van der Waals surface area contributed by atoms with E-state index in [4.69, 9.17) is 15.0 Å². The summed E-state index contributed by atoms with van der Waals surface area (Å²) in [7, 11) is 3.61. The van der Waals surface area contributed by atoms with Crippen LogP contribution in [0.5, 0.6) is 0 Å². The van der Waals surface area contributed by atoms with Crippen LogP contribution in [0.2, 0.25) is 0 Å². The van der Waals surface area contributed by atoms with Gasteiger partial charge in [-0.3, -0.25) is 9.13 Å². The minimum atomic E-state index is -0.104. The zero-order valence-electron chi connectivity index (χ0n) is 31.1. The maximum atomic E-state index is 12.5. The molecule has 1 aliphatic carbocycles. The molecule has 0 aliphatic heterocycles. The minimum Gasteiger partial charge on any atom is -0.295 e. The summed E-state index contributed by atoms with van der Waals surface area (Å²) in [5.74, 6) is 1.84. The summed E-state index contributed by atoms with van der Waals surface area (Å²) < 4.78 is 3.36. The largest absolute Gasteiger partial charge is 0.328 e. The van der Waals surface area contributed by atoms with E-state index in [2.05, 4.69) is 129 Å². The molecule has 0 unspecified atom stereocenters. The second-order valence-corrected chi connectivity index (χ2v) is 15.0. The van der Waals surface area contributed by atoms with Gasteiger partial charge < -0.3 is 0 Å². The lowest BCUT2D eigenvalue weighted by Gasteiger charge is -2.23. The van der Waals surface area contributed by atoms with Crippen molar-refractivity contribution >= 4 is 21.8 Å². The molecule has 0 bridgehead atoms. The molecule has 264 valence electrons. The van der Waals surface area contributed by atoms with Crippen molar-refractivity contribution in [3.63, 3.8) is 0 Å². The molecule has 9 aromatic rings. The summed E-state index contributed by atoms with van der Waals surface area (Å²) in [6.07, 6.45) is 0. The van der Waals surface area contributed by atoms with E-state index in [0.29, 0.717) is 17.5 Å². The molecule has 0 spiro atoms. The second-order valence-electron chi connectivity index (χ2n) is 15.0. The van der Waals surface area contributed by atoms with Gasteiger partial charge in [0.25, 0.3) is 0 Å². The van der Waals surface area contributed by atoms with Crippen molar-refractivity contribution in [2.24, 2.45) is 14.1 Å². The van der Waals surface area contributed by atoms with Crippen LogP contribution in [0.3, 0.4) is 0 Å². The third-order valence-corrected chi connectivity index (χ3v) is 11.5. The van der Waals surface area contributed by atoms with E-state index in [1.807, 2.05) is 43.4 Å². The van der Waals surface area contributed by atoms with Crippen LogP contribution in [0.4, 0.5) is 0 Å². The Morgan fingerprint density at radius 3 is 1.62 bits per heavy atom. The highest BCUT2D eigenvalue weighted by Gasteiger charge is 2.37. The molecule has 0 fully saturated rings. The molecule has 10 rings (SSSR count). The Morgan fingerprint density at radius 1 is 0.436 bits per heavy atom. The minimum absolute atomic E-state index is 0.0379. The first-order valence-corrected chi connectivity index (χ1v) is 18.6. The lowest BCUT2D eigenvalue weighted by atomic mass is 9.80. The fourth-order valence-corrected chi connectivity index (χ4v) is 8.44. The highest BCUT2D eigenvalue weighted by Crippen LogP contribution is 2.53. The molecule has 2 aromatic heterocycles. The fraction of sp³-hybridized carbons (Fsp3) is 0.102. The zero-order valence-corrected chi connectivity index (χ0v) is 31.1. The van der Waals surface area contributed by atoms with Crippen LogP contribution in [-0.2, 0) is 19.5 Å². The van der Waals surface area contributed by atoms with Crippen LogP contribution in [0.1, 0.15) is 25.0 Å². The lowest BCUT2D eigenvalue weighted by Crippen LogP contribution is -2.19. The van der Waals surface area contributed by atoms with Crippen molar-refractivity contribution in [2.75, 3.05) is 0 Å². The van der Waals surface area contributed by atoms with Gasteiger partial charge in [0.15, 0.2) is 17.5 Å². The normalized spacial score (nSPS) is 12.9. The van der Waals surface area contributed by atoms with Crippen LogP contribution >= 0.6 is 0 Å². The van der Waals surface area contributed by atoms with Crippen molar-refractivity contribution in [1.82, 2.24) is 24.1 Å². The molecule has 2 heterocycles. The average molecular weight is 712 g/mol. The fourth-order valence-electron chi connectivity index (χ4n) is 8.44. The van der Waals surface area contributed by atoms with Crippen LogP contribution in [0, 0.1) is 0 Å². The van der Waals surface area contributed by atoms with Gasteiger partial charge in [-0.1, -0.05) is 147 Å². The Balaban J connectivity index is 1.04. The number of fused-ring (bicyclic) bond motifs is 6. The van der Waals surface area contributed by atoms with Crippen molar-refractivity contribution in [3.8, 4) is 67.5 Å². The number of hydrogen-bond donors (Lipinski definition) is 0. The number of rotatable bonds is 5. The highest BCUT2D eigenvalue weighted by atomic mass is 16.1. The van der Waals surface area contributed by atoms with Gasteiger partial charge in [0, 0.05) is 36.2 Å². The molecule has 6 heteroatoms. The van der Waals surface area contributed by atoms with Crippen LogP contribution in [0.25, 0.3) is 89.4 Å². The van der Waals surface area contributed by atoms with Crippen LogP contribution in [-0.4, -0.2) is 24.1 Å². The summed E-state index contributed by atoms with van der Waals surface area (Å²) in [6, 6.07) is 53.1. The van der Waals surface area contributed by atoms with Gasteiger partial charge in [-0.05, 0) is 73.5 Å². The first kappa shape index (κ1) is 32.7. The first-order valence-electron chi connectivity index (χ1n) is 18.6. The molecule has 7 aromatic carbocycles. The van der Waals surface area contributed by atoms with E-state index < -0.39 is 0 Å². The van der Waals surface area contributed by atoms with Crippen LogP contribution in [0.15, 0.2) is 156 Å². The molecule has 0 radical (unpaired) electrons. The molecule has 0 saturated carbocycles. The first-order chi connectivity index (χ1) is 26.8. The van der Waals surface area contributed by atoms with Crippen molar-refractivity contribution in [2.45, 2.75) is 19.3 Å². The Bertz CT molecular complexity index is 3030. The van der Waals surface area contributed by atoms with Crippen molar-refractivity contribution in [1.29, 1.82) is 0 Å². The molecule has 0 atom stereocenters. The maximum absolute atomic E-state index is 12.5. The van der Waals surface area contributed by atoms with E-state index in [-0.39, 0.29) is 11.1 Å². The Hall–Kier alpha value is -6.92.